The Morgan fingerprint density at radius 2 is 1.51 bits per heavy atom. The second-order valence-corrected chi connectivity index (χ2v) is 13.9. The van der Waals surface area contributed by atoms with Crippen LogP contribution < -0.4 is 17.0 Å². The third kappa shape index (κ3) is 7.36. The minimum Gasteiger partial charge on any atom is -0.442 e. The molecule has 18 nitrogen and oxygen atoms in total. The topological polar surface area (TPSA) is 243 Å². The van der Waals surface area contributed by atoms with E-state index >= 15 is 4.39 Å². The molecule has 2 fully saturated rings. The molecular weight excluding hydrogens is 656 g/mol. The van der Waals surface area contributed by atoms with Crippen molar-refractivity contribution < 1.29 is 66.1 Å². The molecule has 1 aromatic heterocycles. The van der Waals surface area contributed by atoms with Gasteiger partial charge in [-0.3, -0.25) is 28.3 Å². The van der Waals surface area contributed by atoms with E-state index in [0.29, 0.717) is 9.13 Å². The van der Waals surface area contributed by atoms with Crippen LogP contribution in [0.1, 0.15) is 54.7 Å². The van der Waals surface area contributed by atoms with Crippen LogP contribution in [0, 0.1) is 17.8 Å². The van der Waals surface area contributed by atoms with E-state index in [4.69, 9.17) is 38.3 Å². The molecule has 0 radical (unpaired) electrons. The largest absolute Gasteiger partial charge is 0.480 e. The zero-order valence-electron chi connectivity index (χ0n) is 26.9. The van der Waals surface area contributed by atoms with Gasteiger partial charge >= 0.3 is 31.4 Å². The van der Waals surface area contributed by atoms with Crippen molar-refractivity contribution >= 4 is 25.7 Å². The molecule has 20 heteroatoms. The van der Waals surface area contributed by atoms with Crippen molar-refractivity contribution in [2.45, 2.75) is 90.4 Å². The van der Waals surface area contributed by atoms with Crippen molar-refractivity contribution in [2.24, 2.45) is 23.5 Å². The molecule has 0 amide bonds. The number of phosphoric ester groups is 1. The van der Waals surface area contributed by atoms with Gasteiger partial charge in [0.25, 0.3) is 5.56 Å². The van der Waals surface area contributed by atoms with E-state index in [1.807, 2.05) is 0 Å². The predicted molar refractivity (Wildman–Crippen MR) is 155 cm³/mol. The fourth-order valence-corrected chi connectivity index (χ4v) is 5.51. The van der Waals surface area contributed by atoms with Gasteiger partial charge in [0.15, 0.2) is 30.3 Å². The monoisotopic (exact) mass is 697 g/mol. The molecule has 4 N–H and O–H groups in total. The van der Waals surface area contributed by atoms with Crippen molar-refractivity contribution in [1.29, 1.82) is 0 Å². The van der Waals surface area contributed by atoms with Crippen molar-refractivity contribution in [3.8, 4) is 0 Å². The lowest BCUT2D eigenvalue weighted by atomic mass is 9.94. The summed E-state index contributed by atoms with van der Waals surface area (Å²) in [5.74, 6) is -3.89. The Hall–Kier alpha value is -3.03. The molecule has 1 saturated carbocycles. The number of nitrogens with zero attached hydrogens (tertiary/aromatic N) is 2. The molecule has 0 spiro atoms. The Labute approximate surface area is 268 Å². The predicted octanol–water partition coefficient (Wildman–Crippen LogP) is 0.0667. The lowest BCUT2D eigenvalue weighted by Gasteiger charge is -2.32. The Bertz CT molecular complexity index is 1480. The summed E-state index contributed by atoms with van der Waals surface area (Å²) in [6, 6.07) is -0.180. The number of rotatable bonds is 16. The maximum atomic E-state index is 15.4. The van der Waals surface area contributed by atoms with Gasteiger partial charge in [-0.25, -0.2) is 27.4 Å². The van der Waals surface area contributed by atoms with Gasteiger partial charge in [0.1, 0.15) is 11.6 Å². The first-order valence-corrected chi connectivity index (χ1v) is 16.0. The summed E-state index contributed by atoms with van der Waals surface area (Å²) >= 11 is 0. The number of nitrogens with two attached hydrogens (primary N) is 1. The summed E-state index contributed by atoms with van der Waals surface area (Å²) in [4.78, 5) is 61.6. The molecule has 1 aliphatic heterocycles. The molecule has 1 aromatic rings. The van der Waals surface area contributed by atoms with Crippen LogP contribution in [0.2, 0.25) is 0 Å². The zero-order chi connectivity index (χ0) is 35.7. The average Bonchev–Trinajstić information content (AvgIpc) is 3.39. The second kappa shape index (κ2) is 14.2. The first-order valence-electron chi connectivity index (χ1n) is 14.5. The number of carbonyl (C=O) groups is 3. The number of ether oxygens (including phenoxy) is 4. The van der Waals surface area contributed by atoms with Gasteiger partial charge in [0.05, 0.1) is 18.4 Å². The average molecular weight is 698 g/mol. The molecule has 266 valence electrons. The SMILES string of the molecule is CC(C)C(=O)OCOP(=O)(OCOC(=O)C(C)C)OC[C@@]12O[C@@H](n3ccc(=O)n(COC(=O)C(N)C(C)C)c3=O)[C@](C)(O)[C@@]1(O)C2F. The molecule has 47 heavy (non-hydrogen) atoms. The number of hydrogen-bond acceptors (Lipinski definition) is 16. The first kappa shape index (κ1) is 38.4. The number of aromatic nitrogens is 2. The van der Waals surface area contributed by atoms with E-state index in [2.05, 4.69) is 0 Å². The standard InChI is InChI=1S/C27H41FN3O15P/c1-14(2)18(29)21(35)40-11-31-17(32)8-9-30(24(31)36)23-25(7,37)27(38)22(28)26(27,46-23)10-43-47(39,44-12-41-19(33)15(3)4)45-13-42-20(34)16(5)6/h8-9,14-16,18,22-23,37-38H,10-13,29H2,1-7H3/t18?,22?,23-,25+,26+,27+/m1/s1. The molecule has 3 rings (SSSR count). The number of fused-ring (bicyclic) bond motifs is 1. The number of hydrogen-bond donors (Lipinski definition) is 3. The van der Waals surface area contributed by atoms with Gasteiger partial charge in [-0.1, -0.05) is 41.5 Å². The van der Waals surface area contributed by atoms with Crippen LogP contribution in [0.15, 0.2) is 21.9 Å². The number of esters is 3. The molecule has 1 aliphatic carbocycles. The van der Waals surface area contributed by atoms with Crippen LogP contribution in [0.3, 0.4) is 0 Å². The number of alkyl halides is 1. The highest BCUT2D eigenvalue weighted by Gasteiger charge is 2.93. The third-order valence-electron chi connectivity index (χ3n) is 7.79. The summed E-state index contributed by atoms with van der Waals surface area (Å²) in [6.45, 7) is 6.39. The van der Waals surface area contributed by atoms with Crippen molar-refractivity contribution in [3.63, 3.8) is 0 Å². The summed E-state index contributed by atoms with van der Waals surface area (Å²) in [6.07, 6.45) is -3.36. The summed E-state index contributed by atoms with van der Waals surface area (Å²) in [5.41, 5.74) is -4.21. The van der Waals surface area contributed by atoms with Gasteiger partial charge in [0.2, 0.25) is 13.6 Å². The van der Waals surface area contributed by atoms with E-state index in [0.717, 1.165) is 19.2 Å². The van der Waals surface area contributed by atoms with E-state index in [-0.39, 0.29) is 5.92 Å². The zero-order valence-corrected chi connectivity index (χ0v) is 27.8. The number of carbonyl (C=O) groups excluding carboxylic acids is 3. The molecule has 2 unspecified atom stereocenters. The van der Waals surface area contributed by atoms with Crippen LogP contribution in [0.4, 0.5) is 4.39 Å². The molecule has 2 aliphatic rings. The van der Waals surface area contributed by atoms with Crippen LogP contribution in [-0.4, -0.2) is 86.5 Å². The van der Waals surface area contributed by atoms with Crippen LogP contribution >= 0.6 is 7.82 Å². The highest BCUT2D eigenvalue weighted by molar-refractivity contribution is 7.48. The number of phosphoric acid groups is 1. The lowest BCUT2D eigenvalue weighted by molar-refractivity contribution is -0.163. The first-order chi connectivity index (χ1) is 21.7. The van der Waals surface area contributed by atoms with E-state index in [1.54, 1.807) is 13.8 Å². The molecular formula is C27H41FN3O15P. The van der Waals surface area contributed by atoms with Crippen molar-refractivity contribution in [1.82, 2.24) is 9.13 Å². The van der Waals surface area contributed by atoms with Gasteiger partial charge < -0.3 is 34.9 Å². The normalized spacial score (nSPS) is 27.5. The third-order valence-corrected chi connectivity index (χ3v) is 9.08. The smallest absolute Gasteiger partial charge is 0.442 e. The highest BCUT2D eigenvalue weighted by atomic mass is 31.2. The Morgan fingerprint density at radius 3 is 2.00 bits per heavy atom. The summed E-state index contributed by atoms with van der Waals surface area (Å²) < 4.78 is 65.4. The Morgan fingerprint density at radius 1 is 0.979 bits per heavy atom. The second-order valence-electron chi connectivity index (χ2n) is 12.2. The maximum absolute atomic E-state index is 15.4. The van der Waals surface area contributed by atoms with Crippen LogP contribution in [0.25, 0.3) is 0 Å². The van der Waals surface area contributed by atoms with E-state index in [1.165, 1.54) is 27.7 Å². The van der Waals surface area contributed by atoms with Crippen molar-refractivity contribution in [3.05, 3.63) is 33.1 Å². The van der Waals surface area contributed by atoms with Crippen LogP contribution in [-0.2, 0) is 58.2 Å². The summed E-state index contributed by atoms with van der Waals surface area (Å²) in [5, 5.41) is 22.6. The quantitative estimate of drug-likeness (QED) is 0.0895. The van der Waals surface area contributed by atoms with E-state index in [9.17, 15) is 38.8 Å². The highest BCUT2D eigenvalue weighted by Crippen LogP contribution is 2.69. The minimum absolute atomic E-state index is 0.315. The fraction of sp³-hybridized carbons (Fsp3) is 0.741. The molecule has 1 saturated heterocycles. The van der Waals surface area contributed by atoms with E-state index < -0.39 is 111 Å². The van der Waals surface area contributed by atoms with Gasteiger partial charge in [-0.2, -0.15) is 0 Å². The maximum Gasteiger partial charge on any atom is 0.480 e. The minimum atomic E-state index is -4.87. The number of aliphatic hydroxyl groups is 2. The molecule has 6 atom stereocenters. The Kier molecular flexibility index (Phi) is 11.6. The fourth-order valence-electron chi connectivity index (χ4n) is 4.57. The summed E-state index contributed by atoms with van der Waals surface area (Å²) in [7, 11) is -4.87. The van der Waals surface area contributed by atoms with Gasteiger partial charge in [0, 0.05) is 12.3 Å². The molecule has 2 heterocycles. The van der Waals surface area contributed by atoms with Crippen molar-refractivity contribution in [2.75, 3.05) is 20.2 Å². The van der Waals surface area contributed by atoms with Gasteiger partial charge in [-0.15, -0.1) is 0 Å². The molecule has 0 aromatic carbocycles. The number of halogens is 1. The lowest BCUT2D eigenvalue weighted by Crippen LogP contribution is -2.52. The van der Waals surface area contributed by atoms with Crippen LogP contribution in [0.5, 0.6) is 0 Å². The van der Waals surface area contributed by atoms with Gasteiger partial charge in [-0.05, 0) is 12.8 Å². The Balaban J connectivity index is 1.85. The molecule has 0 bridgehead atoms.